The SMILES string of the molecule is Fc1cc(F)cc(-c2ccc3nnc(CNc4ccnc5cc(OCCN6CCCC6)cnc45)n3n2)c1. The lowest BCUT2D eigenvalue weighted by Gasteiger charge is -2.15. The maximum Gasteiger partial charge on any atom is 0.178 e. The Kier molecular flexibility index (Phi) is 6.27. The van der Waals surface area contributed by atoms with Crippen molar-refractivity contribution in [3.8, 4) is 17.0 Å². The standard InChI is InChI=1S/C26H24F2N8O/c27-18-11-17(12-19(28)13-18)21-3-4-24-32-33-25(36(24)34-21)16-30-22-5-6-29-23-14-20(15-31-26(22)23)37-10-9-35-7-1-2-8-35/h3-6,11-15H,1-2,7-10,16H2,(H,29,30). The Morgan fingerprint density at radius 2 is 1.78 bits per heavy atom. The molecule has 0 spiro atoms. The number of ether oxygens (including phenoxy) is 1. The van der Waals surface area contributed by atoms with Gasteiger partial charge in [-0.15, -0.1) is 10.2 Å². The first-order chi connectivity index (χ1) is 18.1. The molecule has 1 saturated heterocycles. The van der Waals surface area contributed by atoms with Crippen molar-refractivity contribution in [2.45, 2.75) is 19.4 Å². The Balaban J connectivity index is 1.19. The van der Waals surface area contributed by atoms with Gasteiger partial charge in [0.05, 0.1) is 29.6 Å². The average molecular weight is 503 g/mol. The zero-order chi connectivity index (χ0) is 25.2. The van der Waals surface area contributed by atoms with Crippen LogP contribution in [0, 0.1) is 11.6 Å². The monoisotopic (exact) mass is 502 g/mol. The van der Waals surface area contributed by atoms with Crippen molar-refractivity contribution in [1.29, 1.82) is 0 Å². The van der Waals surface area contributed by atoms with Crippen molar-refractivity contribution in [1.82, 2.24) is 34.7 Å². The smallest absolute Gasteiger partial charge is 0.178 e. The van der Waals surface area contributed by atoms with Crippen LogP contribution in [0.2, 0.25) is 0 Å². The molecular formula is C26H24F2N8O. The molecule has 9 nitrogen and oxygen atoms in total. The van der Waals surface area contributed by atoms with Crippen molar-refractivity contribution in [2.75, 3.05) is 31.6 Å². The molecule has 5 heterocycles. The molecule has 37 heavy (non-hydrogen) atoms. The zero-order valence-electron chi connectivity index (χ0n) is 19.9. The van der Waals surface area contributed by atoms with E-state index in [2.05, 4.69) is 35.5 Å². The van der Waals surface area contributed by atoms with Crippen LogP contribution in [0.5, 0.6) is 5.75 Å². The fraction of sp³-hybridized carbons (Fsp3) is 0.269. The van der Waals surface area contributed by atoms with Gasteiger partial charge in [0.15, 0.2) is 11.5 Å². The molecule has 11 heteroatoms. The first-order valence-corrected chi connectivity index (χ1v) is 12.1. The number of halogens is 2. The molecule has 1 fully saturated rings. The van der Waals surface area contributed by atoms with Gasteiger partial charge in [-0.1, -0.05) is 0 Å². The minimum absolute atomic E-state index is 0.296. The van der Waals surface area contributed by atoms with Gasteiger partial charge in [0.2, 0.25) is 0 Å². The lowest BCUT2D eigenvalue weighted by molar-refractivity contribution is 0.237. The van der Waals surface area contributed by atoms with E-state index in [1.807, 2.05) is 12.1 Å². The second-order valence-corrected chi connectivity index (χ2v) is 8.91. The third kappa shape index (κ3) is 5.03. The topological polar surface area (TPSA) is 93.4 Å². The number of hydrogen-bond donors (Lipinski definition) is 1. The van der Waals surface area contributed by atoms with Gasteiger partial charge in [-0.2, -0.15) is 9.61 Å². The Morgan fingerprint density at radius 1 is 0.946 bits per heavy atom. The van der Waals surface area contributed by atoms with Crippen molar-refractivity contribution >= 4 is 22.4 Å². The van der Waals surface area contributed by atoms with E-state index in [1.165, 1.54) is 25.0 Å². The van der Waals surface area contributed by atoms with Crippen molar-refractivity contribution < 1.29 is 13.5 Å². The highest BCUT2D eigenvalue weighted by atomic mass is 19.1. The quantitative estimate of drug-likeness (QED) is 0.339. The number of benzene rings is 1. The van der Waals surface area contributed by atoms with Gasteiger partial charge in [-0.25, -0.2) is 13.8 Å². The number of rotatable bonds is 8. The number of anilines is 1. The van der Waals surface area contributed by atoms with Crippen LogP contribution in [0.3, 0.4) is 0 Å². The molecule has 0 atom stereocenters. The summed E-state index contributed by atoms with van der Waals surface area (Å²) in [5.41, 5.74) is 3.44. The highest BCUT2D eigenvalue weighted by molar-refractivity contribution is 5.87. The van der Waals surface area contributed by atoms with E-state index in [-0.39, 0.29) is 0 Å². The number of hydrogen-bond acceptors (Lipinski definition) is 8. The third-order valence-electron chi connectivity index (χ3n) is 6.35. The lowest BCUT2D eigenvalue weighted by atomic mass is 10.1. The summed E-state index contributed by atoms with van der Waals surface area (Å²) >= 11 is 0. The lowest BCUT2D eigenvalue weighted by Crippen LogP contribution is -2.25. The van der Waals surface area contributed by atoms with Crippen LogP contribution < -0.4 is 10.1 Å². The summed E-state index contributed by atoms with van der Waals surface area (Å²) in [4.78, 5) is 11.4. The average Bonchev–Trinajstić information content (AvgIpc) is 3.56. The second kappa shape index (κ2) is 10.0. The first kappa shape index (κ1) is 23.2. The van der Waals surface area contributed by atoms with Gasteiger partial charge in [0.1, 0.15) is 29.5 Å². The summed E-state index contributed by atoms with van der Waals surface area (Å²) in [5.74, 6) is -0.120. The van der Waals surface area contributed by atoms with E-state index in [9.17, 15) is 8.78 Å². The Hall–Kier alpha value is -4.25. The summed E-state index contributed by atoms with van der Waals surface area (Å²) in [5, 5.41) is 16.2. The molecule has 1 aromatic carbocycles. The normalized spacial score (nSPS) is 14.0. The number of aromatic nitrogens is 6. The summed E-state index contributed by atoms with van der Waals surface area (Å²) in [7, 11) is 0. The molecule has 1 aliphatic heterocycles. The zero-order valence-corrected chi connectivity index (χ0v) is 19.9. The Bertz CT molecular complexity index is 1550. The van der Waals surface area contributed by atoms with Crippen molar-refractivity contribution in [3.05, 3.63) is 72.3 Å². The molecule has 0 saturated carbocycles. The maximum absolute atomic E-state index is 13.7. The Labute approximate surface area is 211 Å². The molecular weight excluding hydrogens is 478 g/mol. The molecule has 0 radical (unpaired) electrons. The largest absolute Gasteiger partial charge is 0.491 e. The fourth-order valence-corrected chi connectivity index (χ4v) is 4.51. The van der Waals surface area contributed by atoms with Crippen molar-refractivity contribution in [3.63, 3.8) is 0 Å². The predicted molar refractivity (Wildman–Crippen MR) is 134 cm³/mol. The van der Waals surface area contributed by atoms with Crippen LogP contribution >= 0.6 is 0 Å². The van der Waals surface area contributed by atoms with Gasteiger partial charge in [0.25, 0.3) is 0 Å². The molecule has 1 N–H and O–H groups in total. The number of likely N-dealkylation sites (tertiary alicyclic amines) is 1. The highest BCUT2D eigenvalue weighted by Crippen LogP contribution is 2.24. The van der Waals surface area contributed by atoms with Crippen LogP contribution in [0.25, 0.3) is 27.9 Å². The molecule has 0 bridgehead atoms. The number of fused-ring (bicyclic) bond motifs is 2. The fourth-order valence-electron chi connectivity index (χ4n) is 4.51. The summed E-state index contributed by atoms with van der Waals surface area (Å²) < 4.78 is 34.9. The maximum atomic E-state index is 13.7. The van der Waals surface area contributed by atoms with Crippen LogP contribution in [-0.2, 0) is 6.54 Å². The van der Waals surface area contributed by atoms with Gasteiger partial charge in [0, 0.05) is 30.4 Å². The van der Waals surface area contributed by atoms with E-state index in [0.717, 1.165) is 31.4 Å². The number of nitrogens with zero attached hydrogens (tertiary/aromatic N) is 7. The van der Waals surface area contributed by atoms with E-state index in [0.29, 0.717) is 52.7 Å². The Morgan fingerprint density at radius 3 is 2.62 bits per heavy atom. The van der Waals surface area contributed by atoms with E-state index in [1.54, 1.807) is 29.0 Å². The molecule has 6 rings (SSSR count). The molecule has 0 amide bonds. The van der Waals surface area contributed by atoms with E-state index >= 15 is 0 Å². The minimum Gasteiger partial charge on any atom is -0.491 e. The molecule has 188 valence electrons. The van der Waals surface area contributed by atoms with Crippen molar-refractivity contribution in [2.24, 2.45) is 0 Å². The van der Waals surface area contributed by atoms with Crippen LogP contribution in [0.15, 0.2) is 54.9 Å². The predicted octanol–water partition coefficient (Wildman–Crippen LogP) is 4.10. The second-order valence-electron chi connectivity index (χ2n) is 8.91. The van der Waals surface area contributed by atoms with Gasteiger partial charge in [-0.3, -0.25) is 9.88 Å². The van der Waals surface area contributed by atoms with Crippen LogP contribution in [0.4, 0.5) is 14.5 Å². The summed E-state index contributed by atoms with van der Waals surface area (Å²) in [6, 6.07) is 10.4. The minimum atomic E-state index is -0.667. The van der Waals surface area contributed by atoms with E-state index < -0.39 is 11.6 Å². The molecule has 1 aliphatic rings. The van der Waals surface area contributed by atoms with Gasteiger partial charge >= 0.3 is 0 Å². The molecule has 4 aromatic heterocycles. The first-order valence-electron chi connectivity index (χ1n) is 12.1. The van der Waals surface area contributed by atoms with Crippen LogP contribution in [-0.4, -0.2) is 60.9 Å². The molecule has 5 aromatic rings. The third-order valence-corrected chi connectivity index (χ3v) is 6.35. The van der Waals surface area contributed by atoms with Gasteiger partial charge < -0.3 is 10.1 Å². The summed E-state index contributed by atoms with van der Waals surface area (Å²) in [6.45, 7) is 4.09. The molecule has 0 aliphatic carbocycles. The van der Waals surface area contributed by atoms with Gasteiger partial charge in [-0.05, 0) is 56.3 Å². The number of nitrogens with one attached hydrogen (secondary N) is 1. The summed E-state index contributed by atoms with van der Waals surface area (Å²) in [6.07, 6.45) is 5.92. The van der Waals surface area contributed by atoms with E-state index in [4.69, 9.17) is 4.74 Å². The van der Waals surface area contributed by atoms with Crippen LogP contribution in [0.1, 0.15) is 18.7 Å². The number of pyridine rings is 2. The molecule has 0 unspecified atom stereocenters. The highest BCUT2D eigenvalue weighted by Gasteiger charge is 2.13.